The van der Waals surface area contributed by atoms with Gasteiger partial charge in [0.1, 0.15) is 0 Å². The lowest BCUT2D eigenvalue weighted by Gasteiger charge is -2.09. The second kappa shape index (κ2) is 8.96. The van der Waals surface area contributed by atoms with E-state index in [1.54, 1.807) is 0 Å². The van der Waals surface area contributed by atoms with Crippen molar-refractivity contribution >= 4 is 23.4 Å². The SMILES string of the molecule is CCCCC1C=C(Cl)C(=O)C1=CCCCCCC(=O)O. The summed E-state index contributed by atoms with van der Waals surface area (Å²) in [6, 6.07) is 0. The Kier molecular flexibility index (Phi) is 7.60. The first-order valence-electron chi connectivity index (χ1n) is 7.40. The second-order valence-corrected chi connectivity index (χ2v) is 5.65. The molecule has 4 heteroatoms. The van der Waals surface area contributed by atoms with Gasteiger partial charge in [-0.2, -0.15) is 0 Å². The van der Waals surface area contributed by atoms with Crippen LogP contribution in [-0.2, 0) is 9.59 Å². The fourth-order valence-corrected chi connectivity index (χ4v) is 2.67. The van der Waals surface area contributed by atoms with Crippen molar-refractivity contribution < 1.29 is 14.7 Å². The molecule has 0 fully saturated rings. The molecule has 1 unspecified atom stereocenters. The van der Waals surface area contributed by atoms with Gasteiger partial charge in [-0.1, -0.05) is 49.9 Å². The predicted octanol–water partition coefficient (Wildman–Crippen LogP) is 4.46. The number of carboxylic acids is 1. The molecule has 1 atom stereocenters. The van der Waals surface area contributed by atoms with Crippen LogP contribution in [0.5, 0.6) is 0 Å². The number of allylic oxidation sites excluding steroid dienone is 4. The molecule has 3 nitrogen and oxygen atoms in total. The van der Waals surface area contributed by atoms with Crippen LogP contribution in [0.25, 0.3) is 0 Å². The first kappa shape index (κ1) is 17.0. The van der Waals surface area contributed by atoms with E-state index in [1.807, 2.05) is 12.2 Å². The third-order valence-corrected chi connectivity index (χ3v) is 3.85. The Balaban J connectivity index is 2.40. The zero-order chi connectivity index (χ0) is 15.0. The lowest BCUT2D eigenvalue weighted by molar-refractivity contribution is -0.137. The summed E-state index contributed by atoms with van der Waals surface area (Å²) < 4.78 is 0. The highest BCUT2D eigenvalue weighted by Crippen LogP contribution is 2.33. The first-order valence-corrected chi connectivity index (χ1v) is 7.78. The van der Waals surface area contributed by atoms with Gasteiger partial charge >= 0.3 is 5.97 Å². The van der Waals surface area contributed by atoms with Gasteiger partial charge in [-0.05, 0) is 25.7 Å². The number of Topliss-reactive ketones (excluding diaryl/α,β-unsaturated/α-hetero) is 1. The largest absolute Gasteiger partial charge is 0.481 e. The Labute approximate surface area is 125 Å². The van der Waals surface area contributed by atoms with Crippen molar-refractivity contribution in [2.24, 2.45) is 5.92 Å². The average Bonchev–Trinajstić information content (AvgIpc) is 2.67. The normalized spacial score (nSPS) is 20.5. The van der Waals surface area contributed by atoms with Gasteiger partial charge in [0.15, 0.2) is 5.78 Å². The van der Waals surface area contributed by atoms with Crippen LogP contribution in [-0.4, -0.2) is 16.9 Å². The van der Waals surface area contributed by atoms with Crippen LogP contribution in [0.4, 0.5) is 0 Å². The highest BCUT2D eigenvalue weighted by Gasteiger charge is 2.27. The quantitative estimate of drug-likeness (QED) is 0.505. The summed E-state index contributed by atoms with van der Waals surface area (Å²) in [5.74, 6) is -0.600. The summed E-state index contributed by atoms with van der Waals surface area (Å²) in [4.78, 5) is 22.3. The zero-order valence-corrected chi connectivity index (χ0v) is 12.8. The van der Waals surface area contributed by atoms with E-state index in [1.165, 1.54) is 0 Å². The van der Waals surface area contributed by atoms with Gasteiger partial charge in [-0.3, -0.25) is 9.59 Å². The van der Waals surface area contributed by atoms with Gasteiger partial charge < -0.3 is 5.11 Å². The van der Waals surface area contributed by atoms with E-state index in [2.05, 4.69) is 6.92 Å². The van der Waals surface area contributed by atoms with Gasteiger partial charge in [-0.15, -0.1) is 0 Å². The maximum Gasteiger partial charge on any atom is 0.303 e. The van der Waals surface area contributed by atoms with E-state index in [0.29, 0.717) is 11.5 Å². The number of aliphatic carboxylic acids is 1. The smallest absolute Gasteiger partial charge is 0.303 e. The van der Waals surface area contributed by atoms with E-state index in [0.717, 1.165) is 44.1 Å². The molecule has 1 aliphatic carbocycles. The van der Waals surface area contributed by atoms with Gasteiger partial charge in [-0.25, -0.2) is 0 Å². The molecular weight excluding hydrogens is 276 g/mol. The molecule has 0 heterocycles. The minimum Gasteiger partial charge on any atom is -0.481 e. The highest BCUT2D eigenvalue weighted by molar-refractivity contribution is 6.46. The van der Waals surface area contributed by atoms with Crippen molar-refractivity contribution in [2.75, 3.05) is 0 Å². The number of ketones is 1. The Morgan fingerprint density at radius 3 is 2.75 bits per heavy atom. The zero-order valence-electron chi connectivity index (χ0n) is 12.0. The Morgan fingerprint density at radius 1 is 1.35 bits per heavy atom. The van der Waals surface area contributed by atoms with E-state index < -0.39 is 5.97 Å². The second-order valence-electron chi connectivity index (χ2n) is 5.24. The van der Waals surface area contributed by atoms with Crippen LogP contribution in [0.15, 0.2) is 22.8 Å². The molecular formula is C16H23ClO3. The lowest BCUT2D eigenvalue weighted by Crippen LogP contribution is -2.04. The van der Waals surface area contributed by atoms with Crippen LogP contribution >= 0.6 is 11.6 Å². The monoisotopic (exact) mass is 298 g/mol. The molecule has 0 amide bonds. The minimum absolute atomic E-state index is 0.0293. The third kappa shape index (κ3) is 5.49. The maximum atomic E-state index is 11.9. The van der Waals surface area contributed by atoms with Crippen LogP contribution in [0.2, 0.25) is 0 Å². The number of rotatable bonds is 9. The fourth-order valence-electron chi connectivity index (χ4n) is 2.41. The summed E-state index contributed by atoms with van der Waals surface area (Å²) in [5, 5.41) is 8.90. The number of carbonyl (C=O) groups is 2. The summed E-state index contributed by atoms with van der Waals surface area (Å²) in [6.07, 6.45) is 10.6. The maximum absolute atomic E-state index is 11.9. The van der Waals surface area contributed by atoms with Gasteiger partial charge in [0.05, 0.1) is 5.03 Å². The van der Waals surface area contributed by atoms with Crippen LogP contribution in [0, 0.1) is 5.92 Å². The Bertz CT molecular complexity index is 410. The van der Waals surface area contributed by atoms with Gasteiger partial charge in [0.2, 0.25) is 0 Å². The third-order valence-electron chi connectivity index (χ3n) is 3.55. The molecule has 0 aromatic rings. The summed E-state index contributed by atoms with van der Waals surface area (Å²) in [7, 11) is 0. The van der Waals surface area contributed by atoms with Crippen molar-refractivity contribution in [3.05, 3.63) is 22.8 Å². The number of hydrogen-bond donors (Lipinski definition) is 1. The topological polar surface area (TPSA) is 54.4 Å². The van der Waals surface area contributed by atoms with E-state index >= 15 is 0 Å². The highest BCUT2D eigenvalue weighted by atomic mass is 35.5. The van der Waals surface area contributed by atoms with E-state index in [4.69, 9.17) is 16.7 Å². The average molecular weight is 299 g/mol. The molecule has 1 aliphatic rings. The lowest BCUT2D eigenvalue weighted by atomic mass is 9.95. The number of carboxylic acid groups (broad SMARTS) is 1. The molecule has 0 aromatic heterocycles. The van der Waals surface area contributed by atoms with Crippen LogP contribution in [0.3, 0.4) is 0 Å². The number of unbranched alkanes of at least 4 members (excludes halogenated alkanes) is 4. The molecule has 0 aliphatic heterocycles. The Hall–Kier alpha value is -1.09. The van der Waals surface area contributed by atoms with Crippen molar-refractivity contribution in [1.29, 1.82) is 0 Å². The molecule has 0 saturated carbocycles. The molecule has 0 spiro atoms. The van der Waals surface area contributed by atoms with Crippen LogP contribution in [0.1, 0.15) is 58.3 Å². The van der Waals surface area contributed by atoms with Gasteiger partial charge in [0.25, 0.3) is 0 Å². The molecule has 0 saturated heterocycles. The standard InChI is InChI=1S/C16H23ClO3/c1-2-3-8-12-11-14(17)16(20)13(12)9-6-4-5-7-10-15(18)19/h9,11-12H,2-8,10H2,1H3,(H,18,19). The van der Waals surface area contributed by atoms with Crippen molar-refractivity contribution in [3.63, 3.8) is 0 Å². The molecule has 0 radical (unpaired) electrons. The Morgan fingerprint density at radius 2 is 2.10 bits per heavy atom. The van der Waals surface area contributed by atoms with Crippen molar-refractivity contribution in [1.82, 2.24) is 0 Å². The molecule has 1 N–H and O–H groups in total. The van der Waals surface area contributed by atoms with Crippen molar-refractivity contribution in [3.8, 4) is 0 Å². The van der Waals surface area contributed by atoms with Gasteiger partial charge in [0, 0.05) is 17.9 Å². The summed E-state index contributed by atoms with van der Waals surface area (Å²) in [6.45, 7) is 2.13. The number of hydrogen-bond acceptors (Lipinski definition) is 2. The minimum atomic E-state index is -0.745. The van der Waals surface area contributed by atoms with Crippen molar-refractivity contribution in [2.45, 2.75) is 58.3 Å². The summed E-state index contributed by atoms with van der Waals surface area (Å²) in [5.41, 5.74) is 0.835. The summed E-state index contributed by atoms with van der Waals surface area (Å²) >= 11 is 5.93. The predicted molar refractivity (Wildman–Crippen MR) is 80.8 cm³/mol. The molecule has 20 heavy (non-hydrogen) atoms. The molecule has 0 bridgehead atoms. The van der Waals surface area contributed by atoms with E-state index in [9.17, 15) is 9.59 Å². The fraction of sp³-hybridized carbons (Fsp3) is 0.625. The van der Waals surface area contributed by atoms with Crippen LogP contribution < -0.4 is 0 Å². The van der Waals surface area contributed by atoms with E-state index in [-0.39, 0.29) is 18.1 Å². The number of halogens is 1. The molecule has 1 rings (SSSR count). The number of carbonyl (C=O) groups excluding carboxylic acids is 1. The molecule has 112 valence electrons. The molecule has 0 aromatic carbocycles. The first-order chi connectivity index (χ1) is 9.56.